The van der Waals surface area contributed by atoms with Crippen LogP contribution in [0, 0.1) is 5.92 Å². The summed E-state index contributed by atoms with van der Waals surface area (Å²) in [5.41, 5.74) is 8.19. The van der Waals surface area contributed by atoms with Crippen molar-refractivity contribution in [1.29, 1.82) is 0 Å². The third kappa shape index (κ3) is 4.20. The summed E-state index contributed by atoms with van der Waals surface area (Å²) in [5.74, 6) is 2.29. The highest BCUT2D eigenvalue weighted by atomic mass is 16.5. The van der Waals surface area contributed by atoms with Gasteiger partial charge in [-0.3, -0.25) is 0 Å². The largest absolute Gasteiger partial charge is 0.339 e. The Hall–Kier alpha value is -1.68. The van der Waals surface area contributed by atoms with Crippen molar-refractivity contribution in [3.8, 4) is 11.4 Å². The van der Waals surface area contributed by atoms with Crippen LogP contribution in [0.5, 0.6) is 0 Å². The second kappa shape index (κ2) is 7.73. The van der Waals surface area contributed by atoms with E-state index in [0.717, 1.165) is 35.8 Å². The fourth-order valence-electron chi connectivity index (χ4n) is 3.39. The minimum absolute atomic E-state index is 0.0976. The standard InChI is InChI=1S/C19H27N3O/c1-2-17(20)15-9-11-16(12-10-15)19-21-18(23-22-19)13-8-14-6-4-3-5-7-14/h9-12,14,17H,2-8,13,20H2,1H3. The molecule has 1 heterocycles. The molecule has 1 saturated carbocycles. The van der Waals surface area contributed by atoms with Crippen molar-refractivity contribution in [2.75, 3.05) is 0 Å². The Bertz CT molecular complexity index is 599. The van der Waals surface area contributed by atoms with Gasteiger partial charge in [0.05, 0.1) is 0 Å². The van der Waals surface area contributed by atoms with Gasteiger partial charge in [0, 0.05) is 18.0 Å². The summed E-state index contributed by atoms with van der Waals surface area (Å²) in [5, 5.41) is 4.13. The summed E-state index contributed by atoms with van der Waals surface area (Å²) in [6.45, 7) is 2.09. The van der Waals surface area contributed by atoms with Gasteiger partial charge in [0.1, 0.15) is 0 Å². The van der Waals surface area contributed by atoms with Gasteiger partial charge in [0.25, 0.3) is 0 Å². The van der Waals surface area contributed by atoms with Crippen LogP contribution in [0.3, 0.4) is 0 Å². The number of hydrogen-bond acceptors (Lipinski definition) is 4. The van der Waals surface area contributed by atoms with Crippen molar-refractivity contribution in [3.05, 3.63) is 35.7 Å². The van der Waals surface area contributed by atoms with Crippen molar-refractivity contribution in [2.24, 2.45) is 11.7 Å². The molecular weight excluding hydrogens is 286 g/mol. The Labute approximate surface area is 138 Å². The number of aromatic nitrogens is 2. The number of nitrogens with two attached hydrogens (primary N) is 1. The molecule has 0 amide bonds. The number of benzene rings is 1. The van der Waals surface area contributed by atoms with E-state index in [1.54, 1.807) is 0 Å². The predicted molar refractivity (Wildman–Crippen MR) is 91.8 cm³/mol. The maximum absolute atomic E-state index is 6.05. The fraction of sp³-hybridized carbons (Fsp3) is 0.579. The molecule has 23 heavy (non-hydrogen) atoms. The third-order valence-electron chi connectivity index (χ3n) is 5.00. The maximum atomic E-state index is 6.05. The lowest BCUT2D eigenvalue weighted by molar-refractivity contribution is 0.315. The highest BCUT2D eigenvalue weighted by Crippen LogP contribution is 2.27. The van der Waals surface area contributed by atoms with Crippen LogP contribution in [0.4, 0.5) is 0 Å². The van der Waals surface area contributed by atoms with Crippen molar-refractivity contribution >= 4 is 0 Å². The summed E-state index contributed by atoms with van der Waals surface area (Å²) in [6, 6.07) is 8.27. The van der Waals surface area contributed by atoms with Gasteiger partial charge in [0.2, 0.25) is 11.7 Å². The van der Waals surface area contributed by atoms with Crippen LogP contribution in [-0.2, 0) is 6.42 Å². The van der Waals surface area contributed by atoms with Gasteiger partial charge in [-0.1, -0.05) is 68.4 Å². The quantitative estimate of drug-likeness (QED) is 0.842. The number of aryl methyl sites for hydroxylation is 1. The molecule has 0 radical (unpaired) electrons. The lowest BCUT2D eigenvalue weighted by Gasteiger charge is -2.20. The van der Waals surface area contributed by atoms with E-state index in [-0.39, 0.29) is 6.04 Å². The molecule has 1 aromatic carbocycles. The summed E-state index contributed by atoms with van der Waals surface area (Å²) in [7, 11) is 0. The van der Waals surface area contributed by atoms with Gasteiger partial charge in [-0.05, 0) is 24.3 Å². The second-order valence-corrected chi connectivity index (χ2v) is 6.69. The summed E-state index contributed by atoms with van der Waals surface area (Å²) in [4.78, 5) is 4.55. The molecule has 3 rings (SSSR count). The van der Waals surface area contributed by atoms with E-state index < -0.39 is 0 Å². The molecule has 0 saturated heterocycles. The minimum atomic E-state index is 0.0976. The molecule has 124 valence electrons. The van der Waals surface area contributed by atoms with Crippen molar-refractivity contribution in [1.82, 2.24) is 10.1 Å². The van der Waals surface area contributed by atoms with Gasteiger partial charge < -0.3 is 10.3 Å². The Morgan fingerprint density at radius 2 is 1.91 bits per heavy atom. The Balaban J connectivity index is 1.59. The average Bonchev–Trinajstić information content (AvgIpc) is 3.09. The zero-order chi connectivity index (χ0) is 16.1. The van der Waals surface area contributed by atoms with Crippen LogP contribution in [0.2, 0.25) is 0 Å². The van der Waals surface area contributed by atoms with E-state index in [1.807, 2.05) is 12.1 Å². The normalized spacial score (nSPS) is 17.3. The molecule has 4 heteroatoms. The smallest absolute Gasteiger partial charge is 0.226 e. The van der Waals surface area contributed by atoms with E-state index in [1.165, 1.54) is 38.5 Å². The molecule has 1 aliphatic carbocycles. The third-order valence-corrected chi connectivity index (χ3v) is 5.00. The lowest BCUT2D eigenvalue weighted by atomic mass is 9.86. The molecule has 2 N–H and O–H groups in total. The van der Waals surface area contributed by atoms with E-state index in [4.69, 9.17) is 10.3 Å². The Kier molecular flexibility index (Phi) is 5.44. The second-order valence-electron chi connectivity index (χ2n) is 6.69. The molecule has 1 fully saturated rings. The Morgan fingerprint density at radius 1 is 1.17 bits per heavy atom. The van der Waals surface area contributed by atoms with Crippen molar-refractivity contribution in [3.63, 3.8) is 0 Å². The van der Waals surface area contributed by atoms with Gasteiger partial charge in [0.15, 0.2) is 0 Å². The summed E-state index contributed by atoms with van der Waals surface area (Å²) >= 11 is 0. The van der Waals surface area contributed by atoms with Crippen molar-refractivity contribution in [2.45, 2.75) is 64.3 Å². The Morgan fingerprint density at radius 3 is 2.61 bits per heavy atom. The SMILES string of the molecule is CCC(N)c1ccc(-c2noc(CCC3CCCCC3)n2)cc1. The molecule has 0 spiro atoms. The highest BCUT2D eigenvalue weighted by Gasteiger charge is 2.15. The average molecular weight is 313 g/mol. The molecule has 1 aromatic heterocycles. The van der Waals surface area contributed by atoms with Gasteiger partial charge in [-0.15, -0.1) is 0 Å². The van der Waals surface area contributed by atoms with Gasteiger partial charge in [-0.2, -0.15) is 4.98 Å². The molecule has 1 atom stereocenters. The molecule has 0 aliphatic heterocycles. The van der Waals surface area contributed by atoms with Crippen LogP contribution in [0.25, 0.3) is 11.4 Å². The summed E-state index contributed by atoms with van der Waals surface area (Å²) < 4.78 is 5.42. The number of rotatable bonds is 6. The molecule has 2 aromatic rings. The molecule has 4 nitrogen and oxygen atoms in total. The first-order chi connectivity index (χ1) is 11.3. The van der Waals surface area contributed by atoms with Gasteiger partial charge in [-0.25, -0.2) is 0 Å². The first-order valence-electron chi connectivity index (χ1n) is 8.94. The van der Waals surface area contributed by atoms with E-state index in [9.17, 15) is 0 Å². The van der Waals surface area contributed by atoms with Crippen LogP contribution >= 0.6 is 0 Å². The van der Waals surface area contributed by atoms with E-state index in [0.29, 0.717) is 5.82 Å². The van der Waals surface area contributed by atoms with Crippen molar-refractivity contribution < 1.29 is 4.52 Å². The topological polar surface area (TPSA) is 64.9 Å². The zero-order valence-electron chi connectivity index (χ0n) is 14.0. The summed E-state index contributed by atoms with van der Waals surface area (Å²) in [6.07, 6.45) is 9.90. The van der Waals surface area contributed by atoms with Gasteiger partial charge >= 0.3 is 0 Å². The maximum Gasteiger partial charge on any atom is 0.226 e. The monoisotopic (exact) mass is 313 g/mol. The first-order valence-corrected chi connectivity index (χ1v) is 8.94. The zero-order valence-corrected chi connectivity index (χ0v) is 14.0. The highest BCUT2D eigenvalue weighted by molar-refractivity contribution is 5.54. The lowest BCUT2D eigenvalue weighted by Crippen LogP contribution is -2.08. The van der Waals surface area contributed by atoms with Crippen LogP contribution in [0.15, 0.2) is 28.8 Å². The fourth-order valence-corrected chi connectivity index (χ4v) is 3.39. The van der Waals surface area contributed by atoms with E-state index in [2.05, 4.69) is 29.2 Å². The van der Waals surface area contributed by atoms with Crippen LogP contribution in [0.1, 0.15) is 69.4 Å². The number of nitrogens with zero attached hydrogens (tertiary/aromatic N) is 2. The molecule has 1 aliphatic rings. The first kappa shape index (κ1) is 16.2. The van der Waals surface area contributed by atoms with E-state index >= 15 is 0 Å². The van der Waals surface area contributed by atoms with Crippen LogP contribution < -0.4 is 5.73 Å². The minimum Gasteiger partial charge on any atom is -0.339 e. The van der Waals surface area contributed by atoms with Crippen LogP contribution in [-0.4, -0.2) is 10.1 Å². The number of hydrogen-bond donors (Lipinski definition) is 1. The molecular formula is C19H27N3O. The predicted octanol–water partition coefficient (Wildman–Crippen LogP) is 4.66. The molecule has 1 unspecified atom stereocenters. The molecule has 0 bridgehead atoms.